The number of aryl methyl sites for hydroxylation is 2. The van der Waals surface area contributed by atoms with E-state index in [-0.39, 0.29) is 10.6 Å². The van der Waals surface area contributed by atoms with Gasteiger partial charge in [-0.2, -0.15) is 5.10 Å². The zero-order chi connectivity index (χ0) is 14.7. The minimum Gasteiger partial charge on any atom is -0.487 e. The van der Waals surface area contributed by atoms with E-state index in [1.54, 1.807) is 6.07 Å². The van der Waals surface area contributed by atoms with Gasteiger partial charge in [-0.05, 0) is 38.1 Å². The number of hydrogen-bond acceptors (Lipinski definition) is 3. The summed E-state index contributed by atoms with van der Waals surface area (Å²) in [7, 11) is 0. The Morgan fingerprint density at radius 1 is 1.45 bits per heavy atom. The first-order valence-corrected chi connectivity index (χ1v) is 6.58. The molecule has 0 aliphatic heterocycles. The Kier molecular flexibility index (Phi) is 4.29. The van der Waals surface area contributed by atoms with Gasteiger partial charge in [-0.15, -0.1) is 0 Å². The molecule has 0 radical (unpaired) electrons. The van der Waals surface area contributed by atoms with Gasteiger partial charge in [-0.3, -0.25) is 4.68 Å². The van der Waals surface area contributed by atoms with Gasteiger partial charge in [0.2, 0.25) is 0 Å². The molecule has 20 heavy (non-hydrogen) atoms. The average molecular weight is 295 g/mol. The van der Waals surface area contributed by atoms with Crippen molar-refractivity contribution < 1.29 is 14.6 Å². The molecule has 106 valence electrons. The molecule has 5 nitrogen and oxygen atoms in total. The van der Waals surface area contributed by atoms with Crippen molar-refractivity contribution in [2.75, 3.05) is 0 Å². The molecule has 0 saturated carbocycles. The molecule has 0 fully saturated rings. The van der Waals surface area contributed by atoms with Crippen LogP contribution in [0, 0.1) is 6.92 Å². The monoisotopic (exact) mass is 294 g/mol. The number of aromatic nitrogens is 2. The number of carboxylic acid groups (broad SMARTS) is 1. The van der Waals surface area contributed by atoms with Crippen molar-refractivity contribution in [3.05, 3.63) is 46.2 Å². The fraction of sp³-hybridized carbons (Fsp3) is 0.286. The van der Waals surface area contributed by atoms with E-state index in [9.17, 15) is 4.79 Å². The molecule has 0 unspecified atom stereocenters. The molecule has 0 bridgehead atoms. The van der Waals surface area contributed by atoms with Crippen LogP contribution in [0.3, 0.4) is 0 Å². The summed E-state index contributed by atoms with van der Waals surface area (Å²) in [6, 6.07) is 6.53. The summed E-state index contributed by atoms with van der Waals surface area (Å²) in [6.45, 7) is 5.00. The quantitative estimate of drug-likeness (QED) is 0.920. The zero-order valence-corrected chi connectivity index (χ0v) is 12.0. The third-order valence-electron chi connectivity index (χ3n) is 2.84. The first-order valence-electron chi connectivity index (χ1n) is 6.20. The minimum atomic E-state index is -1.07. The molecule has 2 rings (SSSR count). The van der Waals surface area contributed by atoms with Crippen LogP contribution in [0.2, 0.25) is 5.02 Å². The normalized spacial score (nSPS) is 10.6. The second-order valence-electron chi connectivity index (χ2n) is 4.33. The number of ether oxygens (including phenoxy) is 1. The molecule has 1 heterocycles. The van der Waals surface area contributed by atoms with Crippen LogP contribution in [0.15, 0.2) is 24.3 Å². The van der Waals surface area contributed by atoms with Crippen molar-refractivity contribution in [1.82, 2.24) is 9.78 Å². The van der Waals surface area contributed by atoms with Gasteiger partial charge in [0, 0.05) is 6.54 Å². The van der Waals surface area contributed by atoms with E-state index in [4.69, 9.17) is 21.4 Å². The number of rotatable bonds is 5. The number of aromatic carboxylic acids is 1. The average Bonchev–Trinajstić information content (AvgIpc) is 2.77. The van der Waals surface area contributed by atoms with Gasteiger partial charge in [-0.25, -0.2) is 4.79 Å². The highest BCUT2D eigenvalue weighted by atomic mass is 35.5. The van der Waals surface area contributed by atoms with E-state index in [1.807, 2.05) is 24.6 Å². The molecule has 0 atom stereocenters. The largest absolute Gasteiger partial charge is 0.487 e. The van der Waals surface area contributed by atoms with Crippen molar-refractivity contribution in [3.8, 4) is 5.75 Å². The van der Waals surface area contributed by atoms with Crippen molar-refractivity contribution in [3.63, 3.8) is 0 Å². The number of hydrogen-bond donors (Lipinski definition) is 1. The van der Waals surface area contributed by atoms with Gasteiger partial charge in [-0.1, -0.05) is 11.6 Å². The number of carboxylic acids is 1. The molecule has 2 aromatic rings. The number of halogens is 1. The number of nitrogens with zero attached hydrogens (tertiary/aromatic N) is 2. The molecular formula is C14H15ClN2O3. The van der Waals surface area contributed by atoms with Crippen LogP contribution < -0.4 is 4.74 Å². The second kappa shape index (κ2) is 5.96. The SMILES string of the molecule is CCn1nc(C)cc1COc1ccc(Cl)c(C(=O)O)c1. The fourth-order valence-electron chi connectivity index (χ4n) is 1.90. The maximum absolute atomic E-state index is 11.0. The zero-order valence-electron chi connectivity index (χ0n) is 11.3. The molecule has 6 heteroatoms. The lowest BCUT2D eigenvalue weighted by atomic mass is 10.2. The van der Waals surface area contributed by atoms with E-state index >= 15 is 0 Å². The van der Waals surface area contributed by atoms with Crippen molar-refractivity contribution in [2.45, 2.75) is 27.0 Å². The molecular weight excluding hydrogens is 280 g/mol. The van der Waals surface area contributed by atoms with E-state index in [2.05, 4.69) is 5.10 Å². The maximum Gasteiger partial charge on any atom is 0.337 e. The highest BCUT2D eigenvalue weighted by Gasteiger charge is 2.11. The van der Waals surface area contributed by atoms with Gasteiger partial charge >= 0.3 is 5.97 Å². The van der Waals surface area contributed by atoms with Crippen LogP contribution >= 0.6 is 11.6 Å². The third kappa shape index (κ3) is 3.11. The maximum atomic E-state index is 11.0. The number of carbonyl (C=O) groups is 1. The van der Waals surface area contributed by atoms with Gasteiger partial charge in [0.1, 0.15) is 12.4 Å². The summed E-state index contributed by atoms with van der Waals surface area (Å²) in [5, 5.41) is 13.5. The molecule has 1 aromatic carbocycles. The van der Waals surface area contributed by atoms with Crippen molar-refractivity contribution in [2.24, 2.45) is 0 Å². The molecule has 0 aliphatic carbocycles. The highest BCUT2D eigenvalue weighted by Crippen LogP contribution is 2.23. The summed E-state index contributed by atoms with van der Waals surface area (Å²) in [5.74, 6) is -0.608. The topological polar surface area (TPSA) is 64.4 Å². The summed E-state index contributed by atoms with van der Waals surface area (Å²) in [4.78, 5) is 11.0. The first-order chi connectivity index (χ1) is 9.51. The van der Waals surface area contributed by atoms with Crippen molar-refractivity contribution in [1.29, 1.82) is 0 Å². The summed E-state index contributed by atoms with van der Waals surface area (Å²) >= 11 is 5.81. The lowest BCUT2D eigenvalue weighted by molar-refractivity contribution is 0.0696. The van der Waals surface area contributed by atoms with Gasteiger partial charge < -0.3 is 9.84 Å². The van der Waals surface area contributed by atoms with E-state index in [0.29, 0.717) is 12.4 Å². The standard InChI is InChI=1S/C14H15ClN2O3/c1-3-17-10(6-9(2)16-17)8-20-11-4-5-13(15)12(7-11)14(18)19/h4-7H,3,8H2,1-2H3,(H,18,19). The van der Waals surface area contributed by atoms with Crippen LogP contribution in [0.5, 0.6) is 5.75 Å². The van der Waals surface area contributed by atoms with E-state index < -0.39 is 5.97 Å². The summed E-state index contributed by atoms with van der Waals surface area (Å²) in [6.07, 6.45) is 0. The van der Waals surface area contributed by atoms with Gasteiger partial charge in [0.15, 0.2) is 0 Å². The molecule has 0 aliphatic rings. The minimum absolute atomic E-state index is 0.0318. The molecule has 1 aromatic heterocycles. The Morgan fingerprint density at radius 2 is 2.20 bits per heavy atom. The summed E-state index contributed by atoms with van der Waals surface area (Å²) < 4.78 is 7.46. The third-order valence-corrected chi connectivity index (χ3v) is 3.17. The van der Waals surface area contributed by atoms with Gasteiger partial charge in [0.05, 0.1) is 22.0 Å². The molecule has 0 amide bonds. The molecule has 0 spiro atoms. The Morgan fingerprint density at radius 3 is 2.85 bits per heavy atom. The van der Waals surface area contributed by atoms with Crippen LogP contribution in [-0.4, -0.2) is 20.9 Å². The molecule has 1 N–H and O–H groups in total. The summed E-state index contributed by atoms with van der Waals surface area (Å²) in [5.41, 5.74) is 1.90. The molecule has 0 saturated heterocycles. The Hall–Kier alpha value is -2.01. The number of benzene rings is 1. The first kappa shape index (κ1) is 14.4. The van der Waals surface area contributed by atoms with E-state index in [1.165, 1.54) is 12.1 Å². The Balaban J connectivity index is 2.14. The predicted molar refractivity (Wildman–Crippen MR) is 75.4 cm³/mol. The van der Waals surface area contributed by atoms with Crippen molar-refractivity contribution >= 4 is 17.6 Å². The predicted octanol–water partition coefficient (Wildman–Crippen LogP) is 3.14. The highest BCUT2D eigenvalue weighted by molar-refractivity contribution is 6.33. The second-order valence-corrected chi connectivity index (χ2v) is 4.74. The smallest absolute Gasteiger partial charge is 0.337 e. The van der Waals surface area contributed by atoms with Crippen LogP contribution in [0.1, 0.15) is 28.7 Å². The fourth-order valence-corrected chi connectivity index (χ4v) is 2.10. The lowest BCUT2D eigenvalue weighted by Gasteiger charge is -2.09. The lowest BCUT2D eigenvalue weighted by Crippen LogP contribution is -2.06. The van der Waals surface area contributed by atoms with Crippen LogP contribution in [0.4, 0.5) is 0 Å². The van der Waals surface area contributed by atoms with E-state index in [0.717, 1.165) is 17.9 Å². The van der Waals surface area contributed by atoms with Crippen LogP contribution in [0.25, 0.3) is 0 Å². The Labute approximate surface area is 121 Å². The van der Waals surface area contributed by atoms with Gasteiger partial charge in [0.25, 0.3) is 0 Å². The van der Waals surface area contributed by atoms with Crippen LogP contribution in [-0.2, 0) is 13.2 Å². The Bertz CT molecular complexity index is 637.